The molecule has 2 aliphatic carbocycles. The highest BCUT2D eigenvalue weighted by Gasteiger charge is 2.26. The number of pyridine rings is 1. The van der Waals surface area contributed by atoms with Crippen LogP contribution in [-0.2, 0) is 13.1 Å². The molecule has 6 heteroatoms. The van der Waals surface area contributed by atoms with Crippen molar-refractivity contribution in [2.45, 2.75) is 113 Å². The molecule has 1 aliphatic heterocycles. The number of thioether (sulfide) groups is 1. The van der Waals surface area contributed by atoms with Crippen LogP contribution in [0, 0.1) is 0 Å². The molecule has 1 aromatic rings. The minimum Gasteiger partial charge on any atom is -0.311 e. The van der Waals surface area contributed by atoms with Crippen LogP contribution in [0.3, 0.4) is 0 Å². The van der Waals surface area contributed by atoms with Crippen LogP contribution in [0.5, 0.6) is 0 Å². The van der Waals surface area contributed by atoms with Gasteiger partial charge in [0.15, 0.2) is 0 Å². The smallest absolute Gasteiger partial charge is 0.0556 e. The van der Waals surface area contributed by atoms with Gasteiger partial charge in [-0.05, 0) is 37.8 Å². The summed E-state index contributed by atoms with van der Waals surface area (Å²) in [5, 5.41) is 16.0. The molecular weight excluding hydrogens is 390 g/mol. The molecule has 2 saturated carbocycles. The van der Waals surface area contributed by atoms with Crippen LogP contribution in [0.15, 0.2) is 17.0 Å². The molecule has 0 saturated heterocycles. The van der Waals surface area contributed by atoms with Gasteiger partial charge in [-0.1, -0.05) is 39.5 Å². The lowest BCUT2D eigenvalue weighted by Gasteiger charge is -2.34. The zero-order valence-electron chi connectivity index (χ0n) is 18.9. The lowest BCUT2D eigenvalue weighted by Crippen LogP contribution is -2.53. The van der Waals surface area contributed by atoms with Crippen LogP contribution >= 0.6 is 11.8 Å². The second-order valence-electron chi connectivity index (χ2n) is 9.62. The maximum atomic E-state index is 5.05. The Morgan fingerprint density at radius 2 is 1.17 bits per heavy atom. The highest BCUT2D eigenvalue weighted by atomic mass is 32.2. The highest BCUT2D eigenvalue weighted by molar-refractivity contribution is 7.99. The molecule has 4 atom stereocenters. The average Bonchev–Trinajstić information content (AvgIpc) is 2.74. The molecule has 0 unspecified atom stereocenters. The molecule has 0 aromatic carbocycles. The topological polar surface area (TPSA) is 61.0 Å². The third-order valence-electron chi connectivity index (χ3n) is 6.84. The summed E-state index contributed by atoms with van der Waals surface area (Å²) in [5.74, 6) is 0. The summed E-state index contributed by atoms with van der Waals surface area (Å²) in [6, 6.07) is 6.87. The van der Waals surface area contributed by atoms with E-state index in [1.165, 1.54) is 67.6 Å². The van der Waals surface area contributed by atoms with E-state index in [1.54, 1.807) is 0 Å². The van der Waals surface area contributed by atoms with Crippen LogP contribution in [0.1, 0.15) is 76.6 Å². The van der Waals surface area contributed by atoms with Gasteiger partial charge in [0.25, 0.3) is 0 Å². The summed E-state index contributed by atoms with van der Waals surface area (Å²) >= 11 is 1.95. The van der Waals surface area contributed by atoms with Crippen LogP contribution < -0.4 is 21.3 Å². The molecular formula is C24H41N5S. The van der Waals surface area contributed by atoms with Crippen molar-refractivity contribution >= 4 is 11.8 Å². The number of fused-ring (bicyclic) bond motifs is 4. The molecule has 2 bridgehead atoms. The monoisotopic (exact) mass is 431 g/mol. The first-order valence-corrected chi connectivity index (χ1v) is 13.2. The number of nitrogens with zero attached hydrogens (tertiary/aromatic N) is 1. The Morgan fingerprint density at radius 3 is 1.60 bits per heavy atom. The van der Waals surface area contributed by atoms with Gasteiger partial charge in [0.1, 0.15) is 0 Å². The number of hydrogen-bond donors (Lipinski definition) is 4. The van der Waals surface area contributed by atoms with Gasteiger partial charge in [-0.15, -0.1) is 11.8 Å². The van der Waals surface area contributed by atoms with Crippen molar-refractivity contribution in [3.63, 3.8) is 0 Å². The van der Waals surface area contributed by atoms with Crippen molar-refractivity contribution in [3.05, 3.63) is 23.5 Å². The lowest BCUT2D eigenvalue weighted by molar-refractivity contribution is 0.266. The second kappa shape index (κ2) is 11.3. The molecule has 4 N–H and O–H groups in total. The van der Waals surface area contributed by atoms with E-state index in [0.29, 0.717) is 29.4 Å². The van der Waals surface area contributed by atoms with Crippen molar-refractivity contribution in [2.24, 2.45) is 0 Å². The molecule has 168 valence electrons. The Balaban J connectivity index is 1.54. The van der Waals surface area contributed by atoms with Gasteiger partial charge in [0, 0.05) is 60.5 Å². The van der Waals surface area contributed by atoms with E-state index in [1.807, 2.05) is 11.8 Å². The normalized spacial score (nSPS) is 31.3. The second-order valence-corrected chi connectivity index (χ2v) is 11.3. The number of rotatable bonds is 2. The van der Waals surface area contributed by atoms with Gasteiger partial charge in [-0.25, -0.2) is 0 Å². The first-order valence-electron chi connectivity index (χ1n) is 12.3. The summed E-state index contributed by atoms with van der Waals surface area (Å²) in [7, 11) is 0. The predicted octanol–water partition coefficient (Wildman–Crippen LogP) is 3.58. The molecule has 0 amide bonds. The fraction of sp³-hybridized carbons (Fsp3) is 0.792. The van der Waals surface area contributed by atoms with E-state index in [0.717, 1.165) is 26.2 Å². The van der Waals surface area contributed by atoms with Gasteiger partial charge in [-0.3, -0.25) is 4.98 Å². The summed E-state index contributed by atoms with van der Waals surface area (Å²) in [6.45, 7) is 8.40. The Hall–Kier alpha value is -0.660. The van der Waals surface area contributed by atoms with Crippen molar-refractivity contribution in [3.8, 4) is 0 Å². The maximum Gasteiger partial charge on any atom is 0.0556 e. The van der Waals surface area contributed by atoms with Gasteiger partial charge < -0.3 is 21.3 Å². The fourth-order valence-corrected chi connectivity index (χ4v) is 6.32. The molecule has 0 radical (unpaired) electrons. The zero-order chi connectivity index (χ0) is 20.8. The van der Waals surface area contributed by atoms with Crippen LogP contribution in [0.2, 0.25) is 0 Å². The van der Waals surface area contributed by atoms with E-state index < -0.39 is 0 Å². The molecule has 3 aliphatic rings. The molecule has 2 heterocycles. The Bertz CT molecular complexity index is 619. The van der Waals surface area contributed by atoms with E-state index in [9.17, 15) is 0 Å². The Kier molecular flexibility index (Phi) is 8.47. The zero-order valence-corrected chi connectivity index (χ0v) is 19.7. The SMILES string of the molecule is CC(C)Sc1cc2nc(c1)CN[C@@H]1CCCC[C@H]1NCCN[C@@H]1CCCC[C@H]1NC2. The highest BCUT2D eigenvalue weighted by Crippen LogP contribution is 2.25. The van der Waals surface area contributed by atoms with E-state index in [-0.39, 0.29) is 0 Å². The number of aromatic nitrogens is 1. The van der Waals surface area contributed by atoms with Gasteiger partial charge in [-0.2, -0.15) is 0 Å². The van der Waals surface area contributed by atoms with Crippen LogP contribution in [0.4, 0.5) is 0 Å². The average molecular weight is 432 g/mol. The van der Waals surface area contributed by atoms with Gasteiger partial charge >= 0.3 is 0 Å². The quantitative estimate of drug-likeness (QED) is 0.537. The lowest BCUT2D eigenvalue weighted by atomic mass is 9.89. The van der Waals surface area contributed by atoms with Crippen LogP contribution in [-0.4, -0.2) is 47.5 Å². The van der Waals surface area contributed by atoms with Crippen molar-refractivity contribution in [1.82, 2.24) is 26.3 Å². The molecule has 5 nitrogen and oxygen atoms in total. The Labute approximate surface area is 187 Å². The molecule has 1 aromatic heterocycles. The summed E-state index contributed by atoms with van der Waals surface area (Å²) in [4.78, 5) is 6.40. The van der Waals surface area contributed by atoms with Gasteiger partial charge in [0.2, 0.25) is 0 Å². The molecule has 30 heavy (non-hydrogen) atoms. The van der Waals surface area contributed by atoms with E-state index in [2.05, 4.69) is 47.2 Å². The number of nitrogens with one attached hydrogen (secondary N) is 4. The molecule has 0 spiro atoms. The predicted molar refractivity (Wildman–Crippen MR) is 127 cm³/mol. The van der Waals surface area contributed by atoms with Crippen molar-refractivity contribution in [2.75, 3.05) is 13.1 Å². The first-order chi connectivity index (χ1) is 14.7. The fourth-order valence-electron chi connectivity index (χ4n) is 5.37. The molecule has 4 rings (SSSR count). The third-order valence-corrected chi connectivity index (χ3v) is 7.82. The third kappa shape index (κ3) is 6.42. The minimum atomic E-state index is 0.552. The summed E-state index contributed by atoms with van der Waals surface area (Å²) in [5.41, 5.74) is 2.38. The van der Waals surface area contributed by atoms with E-state index in [4.69, 9.17) is 4.98 Å². The minimum absolute atomic E-state index is 0.552. The summed E-state index contributed by atoms with van der Waals surface area (Å²) in [6.07, 6.45) is 10.5. The van der Waals surface area contributed by atoms with Crippen molar-refractivity contribution < 1.29 is 0 Å². The molecule has 2 fully saturated rings. The Morgan fingerprint density at radius 1 is 0.733 bits per heavy atom. The standard InChI is InChI=1S/C24H41N5S/c1-17(2)30-20-13-18-15-27-23-9-5-3-7-21(23)25-11-12-26-22-8-4-6-10-24(22)28-16-19(14-20)29-18/h13-14,17,21-28H,3-12,15-16H2,1-2H3/t21-,22-,23-,24-/m1/s1. The first kappa shape index (κ1) is 22.5. The summed E-state index contributed by atoms with van der Waals surface area (Å²) < 4.78 is 0. The number of hydrogen-bond acceptors (Lipinski definition) is 6. The van der Waals surface area contributed by atoms with E-state index >= 15 is 0 Å². The van der Waals surface area contributed by atoms with Gasteiger partial charge in [0.05, 0.1) is 11.4 Å². The largest absolute Gasteiger partial charge is 0.311 e. The van der Waals surface area contributed by atoms with Crippen molar-refractivity contribution in [1.29, 1.82) is 0 Å². The van der Waals surface area contributed by atoms with Crippen LogP contribution in [0.25, 0.3) is 0 Å². The maximum absolute atomic E-state index is 5.05.